The van der Waals surface area contributed by atoms with Crippen LogP contribution in [0.2, 0.25) is 5.02 Å². The van der Waals surface area contributed by atoms with Crippen LogP contribution in [0.1, 0.15) is 18.5 Å². The molecule has 2 aromatic heterocycles. The molecule has 10 heteroatoms. The van der Waals surface area contributed by atoms with Crippen molar-refractivity contribution in [3.8, 4) is 22.9 Å². The average Bonchev–Trinajstić information content (AvgIpc) is 3.50. The fourth-order valence-electron chi connectivity index (χ4n) is 4.23. The minimum atomic E-state index is -0.582. The number of hydrogen-bond donors (Lipinski definition) is 2. The maximum atomic E-state index is 13.6. The Labute approximate surface area is 205 Å². The summed E-state index contributed by atoms with van der Waals surface area (Å²) < 4.78 is 12.8. The van der Waals surface area contributed by atoms with Crippen LogP contribution in [0.25, 0.3) is 11.4 Å². The Bertz CT molecular complexity index is 1480. The van der Waals surface area contributed by atoms with E-state index in [4.69, 9.17) is 26.2 Å². The second kappa shape index (κ2) is 8.44. The number of benzene rings is 2. The van der Waals surface area contributed by atoms with E-state index < -0.39 is 6.04 Å². The molecule has 174 valence electrons. The van der Waals surface area contributed by atoms with Crippen molar-refractivity contribution in [3.63, 3.8) is 0 Å². The van der Waals surface area contributed by atoms with Crippen LogP contribution in [0.3, 0.4) is 0 Å². The van der Waals surface area contributed by atoms with Crippen molar-refractivity contribution >= 4 is 29.1 Å². The number of hydrogen-bond acceptors (Lipinski definition) is 7. The zero-order valence-corrected chi connectivity index (χ0v) is 19.3. The highest BCUT2D eigenvalue weighted by Crippen LogP contribution is 2.41. The van der Waals surface area contributed by atoms with Gasteiger partial charge in [0.1, 0.15) is 6.04 Å². The number of nitrogens with one attached hydrogen (secondary N) is 2. The third kappa shape index (κ3) is 3.75. The van der Waals surface area contributed by atoms with Crippen LogP contribution < -0.4 is 20.1 Å². The van der Waals surface area contributed by atoms with Gasteiger partial charge >= 0.3 is 0 Å². The van der Waals surface area contributed by atoms with E-state index in [1.165, 1.54) is 0 Å². The topological polar surface area (TPSA) is 103 Å². The number of fused-ring (bicyclic) bond motifs is 2. The third-order valence-electron chi connectivity index (χ3n) is 5.84. The highest BCUT2D eigenvalue weighted by Gasteiger charge is 2.35. The number of pyridine rings is 1. The van der Waals surface area contributed by atoms with E-state index in [2.05, 4.69) is 20.6 Å². The van der Waals surface area contributed by atoms with E-state index in [0.717, 1.165) is 5.56 Å². The van der Waals surface area contributed by atoms with Gasteiger partial charge in [0.25, 0.3) is 5.91 Å². The molecule has 1 amide bonds. The lowest BCUT2D eigenvalue weighted by Crippen LogP contribution is -2.31. The number of carbonyl (C=O) groups excluding carboxylic acids is 1. The molecular weight excluding hydrogens is 468 g/mol. The van der Waals surface area contributed by atoms with Gasteiger partial charge in [-0.1, -0.05) is 29.8 Å². The van der Waals surface area contributed by atoms with E-state index >= 15 is 0 Å². The molecule has 0 radical (unpaired) electrons. The minimum absolute atomic E-state index is 0.152. The summed E-state index contributed by atoms with van der Waals surface area (Å²) in [6.45, 7) is 1.99. The lowest BCUT2D eigenvalue weighted by molar-refractivity contribution is -0.113. The highest BCUT2D eigenvalue weighted by molar-refractivity contribution is 6.33. The Morgan fingerprint density at radius 3 is 2.83 bits per heavy atom. The first kappa shape index (κ1) is 21.2. The molecule has 4 heterocycles. The van der Waals surface area contributed by atoms with E-state index in [9.17, 15) is 4.79 Å². The monoisotopic (exact) mass is 486 g/mol. The Hall–Kier alpha value is -4.37. The van der Waals surface area contributed by atoms with Crippen LogP contribution in [0.4, 0.5) is 11.6 Å². The van der Waals surface area contributed by atoms with Crippen LogP contribution >= 0.6 is 11.6 Å². The first-order valence-electron chi connectivity index (χ1n) is 10.9. The molecule has 2 N–H and O–H groups in total. The van der Waals surface area contributed by atoms with Crippen molar-refractivity contribution in [2.45, 2.75) is 13.0 Å². The van der Waals surface area contributed by atoms with Gasteiger partial charge in [-0.05, 0) is 48.9 Å². The van der Waals surface area contributed by atoms with Gasteiger partial charge in [-0.25, -0.2) is 4.68 Å². The number of allylic oxidation sites excluding steroid dienone is 1. The average molecular weight is 487 g/mol. The van der Waals surface area contributed by atoms with Crippen LogP contribution in [0, 0.1) is 0 Å². The van der Waals surface area contributed by atoms with Crippen molar-refractivity contribution in [2.24, 2.45) is 0 Å². The number of ether oxygens (including phenoxy) is 2. The summed E-state index contributed by atoms with van der Waals surface area (Å²) >= 11 is 6.42. The largest absolute Gasteiger partial charge is 0.454 e. The lowest BCUT2D eigenvalue weighted by atomic mass is 9.94. The molecule has 2 aliphatic heterocycles. The van der Waals surface area contributed by atoms with Gasteiger partial charge in [-0.15, -0.1) is 5.10 Å². The van der Waals surface area contributed by atoms with Crippen molar-refractivity contribution in [2.75, 3.05) is 17.4 Å². The quantitative estimate of drug-likeness (QED) is 0.432. The van der Waals surface area contributed by atoms with E-state index in [1.54, 1.807) is 35.3 Å². The second-order valence-electron chi connectivity index (χ2n) is 8.06. The molecule has 1 atom stereocenters. The first-order valence-corrected chi connectivity index (χ1v) is 11.3. The van der Waals surface area contributed by atoms with Crippen LogP contribution in [0.5, 0.6) is 11.5 Å². The molecule has 0 fully saturated rings. The van der Waals surface area contributed by atoms with Crippen molar-refractivity contribution in [1.29, 1.82) is 0 Å². The molecule has 2 aromatic carbocycles. The van der Waals surface area contributed by atoms with E-state index in [0.29, 0.717) is 50.8 Å². The summed E-state index contributed by atoms with van der Waals surface area (Å²) in [5.41, 5.74) is 3.21. The number of aromatic nitrogens is 4. The maximum absolute atomic E-state index is 13.6. The molecule has 0 aliphatic carbocycles. The van der Waals surface area contributed by atoms with Crippen LogP contribution in [-0.2, 0) is 4.79 Å². The van der Waals surface area contributed by atoms with Gasteiger partial charge in [0.05, 0.1) is 22.5 Å². The van der Waals surface area contributed by atoms with Gasteiger partial charge in [-0.3, -0.25) is 9.78 Å². The zero-order chi connectivity index (χ0) is 23.9. The predicted molar refractivity (Wildman–Crippen MR) is 130 cm³/mol. The number of amides is 1. The zero-order valence-electron chi connectivity index (χ0n) is 18.5. The number of rotatable bonds is 4. The molecule has 0 saturated heterocycles. The minimum Gasteiger partial charge on any atom is -0.454 e. The van der Waals surface area contributed by atoms with Gasteiger partial charge in [0.2, 0.25) is 12.7 Å². The molecule has 0 saturated carbocycles. The standard InChI is InChI=1S/C25H19ClN6O3/c1-14-21(24(33)29-16-5-4-10-27-12-16)22(15-8-9-19-20(11-15)35-13-34-19)32-25(28-14)30-23(31-32)17-6-2-3-7-18(17)26/h2-12,22H,13H2,1H3,(H,29,33)(H,28,30,31). The van der Waals surface area contributed by atoms with Gasteiger partial charge < -0.3 is 20.1 Å². The summed E-state index contributed by atoms with van der Waals surface area (Å²) in [6, 6.07) is 15.9. The number of nitrogens with zero attached hydrogens (tertiary/aromatic N) is 4. The first-order chi connectivity index (χ1) is 17.1. The van der Waals surface area contributed by atoms with Gasteiger partial charge in [0.15, 0.2) is 17.3 Å². The van der Waals surface area contributed by atoms with Crippen molar-refractivity contribution in [1.82, 2.24) is 19.7 Å². The van der Waals surface area contributed by atoms with Crippen molar-refractivity contribution in [3.05, 3.63) is 88.8 Å². The molecule has 9 nitrogen and oxygen atoms in total. The summed E-state index contributed by atoms with van der Waals surface area (Å²) in [6.07, 6.45) is 3.24. The predicted octanol–water partition coefficient (Wildman–Crippen LogP) is 4.65. The molecule has 0 bridgehead atoms. The Balaban J connectivity index is 1.48. The maximum Gasteiger partial charge on any atom is 0.255 e. The number of anilines is 2. The fraction of sp³-hybridized carbons (Fsp3) is 0.120. The van der Waals surface area contributed by atoms with Crippen LogP contribution in [-0.4, -0.2) is 32.4 Å². The van der Waals surface area contributed by atoms with Crippen LogP contribution in [0.15, 0.2) is 78.3 Å². The smallest absolute Gasteiger partial charge is 0.255 e. The number of halogens is 1. The SMILES string of the molecule is CC1=C(C(=O)Nc2cccnc2)C(c2ccc3c(c2)OCO3)n2nc(-c3ccccc3Cl)nc2N1. The van der Waals surface area contributed by atoms with E-state index in [1.807, 2.05) is 43.3 Å². The lowest BCUT2D eigenvalue weighted by Gasteiger charge is -2.28. The molecule has 2 aliphatic rings. The Morgan fingerprint density at radius 2 is 2.00 bits per heavy atom. The second-order valence-corrected chi connectivity index (χ2v) is 8.47. The molecule has 35 heavy (non-hydrogen) atoms. The normalized spacial score (nSPS) is 16.0. The molecular formula is C25H19ClN6O3. The fourth-order valence-corrected chi connectivity index (χ4v) is 4.45. The number of carbonyl (C=O) groups is 1. The Kier molecular flexibility index (Phi) is 5.11. The molecule has 6 rings (SSSR count). The Morgan fingerprint density at radius 1 is 1.14 bits per heavy atom. The molecule has 1 unspecified atom stereocenters. The molecule has 0 spiro atoms. The summed E-state index contributed by atoms with van der Waals surface area (Å²) in [7, 11) is 0. The third-order valence-corrected chi connectivity index (χ3v) is 6.17. The summed E-state index contributed by atoms with van der Waals surface area (Å²) in [5.74, 6) is 1.92. The summed E-state index contributed by atoms with van der Waals surface area (Å²) in [4.78, 5) is 22.3. The summed E-state index contributed by atoms with van der Waals surface area (Å²) in [5, 5.41) is 11.5. The van der Waals surface area contributed by atoms with Crippen molar-refractivity contribution < 1.29 is 14.3 Å². The van der Waals surface area contributed by atoms with Gasteiger partial charge in [0, 0.05) is 17.5 Å². The van der Waals surface area contributed by atoms with E-state index in [-0.39, 0.29) is 12.7 Å². The highest BCUT2D eigenvalue weighted by atomic mass is 35.5. The molecule has 4 aromatic rings. The van der Waals surface area contributed by atoms with Gasteiger partial charge in [-0.2, -0.15) is 4.98 Å².